The molecule has 1 aromatic rings. The Hall–Kier alpha value is -1.11. The predicted molar refractivity (Wildman–Crippen MR) is 65.6 cm³/mol. The first kappa shape index (κ1) is 15.9. The first-order valence-electron chi connectivity index (χ1n) is 6.04. The zero-order valence-electron chi connectivity index (χ0n) is 10.6. The minimum Gasteiger partial charge on any atom is -0.396 e. The zero-order chi connectivity index (χ0) is 14.5. The largest absolute Gasteiger partial charge is 0.416 e. The van der Waals surface area contributed by atoms with Crippen LogP contribution in [-0.2, 0) is 6.18 Å². The minimum atomic E-state index is -4.41. The van der Waals surface area contributed by atoms with Crippen molar-refractivity contribution in [2.24, 2.45) is 0 Å². The fraction of sp³-hybridized carbons (Fsp3) is 0.538. The number of alkyl halides is 3. The lowest BCUT2D eigenvalue weighted by Gasteiger charge is -2.17. The highest BCUT2D eigenvalue weighted by atomic mass is 19.4. The first-order chi connectivity index (χ1) is 8.84. The van der Waals surface area contributed by atoms with E-state index in [1.807, 2.05) is 6.92 Å². The van der Waals surface area contributed by atoms with E-state index in [9.17, 15) is 18.3 Å². The van der Waals surface area contributed by atoms with Gasteiger partial charge < -0.3 is 15.5 Å². The van der Waals surface area contributed by atoms with Crippen LogP contribution in [0.4, 0.5) is 13.2 Å². The fourth-order valence-corrected chi connectivity index (χ4v) is 1.65. The second-order valence-electron chi connectivity index (χ2n) is 4.46. The molecule has 3 nitrogen and oxygen atoms in total. The second kappa shape index (κ2) is 6.88. The van der Waals surface area contributed by atoms with Crippen molar-refractivity contribution in [3.05, 3.63) is 35.4 Å². The van der Waals surface area contributed by atoms with Gasteiger partial charge in [0.25, 0.3) is 0 Å². The molecule has 0 fully saturated rings. The molecule has 1 aromatic carbocycles. The number of rotatable bonds is 6. The molecule has 2 unspecified atom stereocenters. The van der Waals surface area contributed by atoms with Crippen molar-refractivity contribution in [2.75, 3.05) is 13.2 Å². The molecule has 0 aliphatic rings. The number of hydrogen-bond acceptors (Lipinski definition) is 3. The maximum absolute atomic E-state index is 12.5. The summed E-state index contributed by atoms with van der Waals surface area (Å²) in [6, 6.07) is 4.64. The molecule has 108 valence electrons. The number of benzene rings is 1. The van der Waals surface area contributed by atoms with Gasteiger partial charge in [-0.1, -0.05) is 12.1 Å². The topological polar surface area (TPSA) is 52.5 Å². The Morgan fingerprint density at radius 3 is 2.58 bits per heavy atom. The highest BCUT2D eigenvalue weighted by Gasteiger charge is 2.30. The van der Waals surface area contributed by atoms with E-state index < -0.39 is 17.8 Å². The summed E-state index contributed by atoms with van der Waals surface area (Å²) in [7, 11) is 0. The van der Waals surface area contributed by atoms with Crippen molar-refractivity contribution in [1.82, 2.24) is 5.32 Å². The maximum Gasteiger partial charge on any atom is 0.416 e. The van der Waals surface area contributed by atoms with E-state index in [4.69, 9.17) is 5.11 Å². The SMILES string of the molecule is CC(CCO)NCC(O)c1cccc(C(F)(F)F)c1. The summed E-state index contributed by atoms with van der Waals surface area (Å²) in [6.45, 7) is 1.99. The molecule has 0 heterocycles. The van der Waals surface area contributed by atoms with Crippen LogP contribution in [0.5, 0.6) is 0 Å². The smallest absolute Gasteiger partial charge is 0.396 e. The molecule has 0 amide bonds. The standard InChI is InChI=1S/C13H18F3NO2/c1-9(5-6-18)17-8-12(19)10-3-2-4-11(7-10)13(14,15)16/h2-4,7,9,12,17-19H,5-6,8H2,1H3. The van der Waals surface area contributed by atoms with Crippen molar-refractivity contribution in [2.45, 2.75) is 31.7 Å². The Balaban J connectivity index is 2.64. The molecule has 0 saturated heterocycles. The molecule has 0 radical (unpaired) electrons. The Kier molecular flexibility index (Phi) is 5.78. The van der Waals surface area contributed by atoms with Gasteiger partial charge >= 0.3 is 6.18 Å². The summed E-state index contributed by atoms with van der Waals surface area (Å²) in [4.78, 5) is 0. The second-order valence-corrected chi connectivity index (χ2v) is 4.46. The summed E-state index contributed by atoms with van der Waals surface area (Å²) in [5, 5.41) is 21.5. The monoisotopic (exact) mass is 277 g/mol. The van der Waals surface area contributed by atoms with Crippen LogP contribution in [-0.4, -0.2) is 29.4 Å². The van der Waals surface area contributed by atoms with Gasteiger partial charge in [0.15, 0.2) is 0 Å². The van der Waals surface area contributed by atoms with Gasteiger partial charge in [-0.25, -0.2) is 0 Å². The Labute approximate surface area is 110 Å². The number of hydrogen-bond donors (Lipinski definition) is 3. The number of aliphatic hydroxyl groups excluding tert-OH is 2. The van der Waals surface area contributed by atoms with E-state index >= 15 is 0 Å². The summed E-state index contributed by atoms with van der Waals surface area (Å²) in [6.07, 6.45) is -4.90. The van der Waals surface area contributed by atoms with Crippen LogP contribution in [0.15, 0.2) is 24.3 Å². The van der Waals surface area contributed by atoms with Crippen LogP contribution < -0.4 is 5.32 Å². The summed E-state index contributed by atoms with van der Waals surface area (Å²) in [5.41, 5.74) is -0.550. The van der Waals surface area contributed by atoms with E-state index in [1.165, 1.54) is 12.1 Å². The van der Waals surface area contributed by atoms with Gasteiger partial charge in [-0.2, -0.15) is 13.2 Å². The van der Waals surface area contributed by atoms with Crippen molar-refractivity contribution >= 4 is 0 Å². The molecule has 0 bridgehead atoms. The van der Waals surface area contributed by atoms with Gasteiger partial charge in [-0.05, 0) is 31.0 Å². The molecule has 0 spiro atoms. The fourth-order valence-electron chi connectivity index (χ4n) is 1.65. The van der Waals surface area contributed by atoms with Crippen LogP contribution >= 0.6 is 0 Å². The van der Waals surface area contributed by atoms with Crippen LogP contribution in [0.2, 0.25) is 0 Å². The molecule has 2 atom stereocenters. The molecule has 0 aromatic heterocycles. The van der Waals surface area contributed by atoms with Crippen molar-refractivity contribution < 1.29 is 23.4 Å². The van der Waals surface area contributed by atoms with Gasteiger partial charge in [0.05, 0.1) is 11.7 Å². The van der Waals surface area contributed by atoms with Gasteiger partial charge in [0.1, 0.15) is 0 Å². The lowest BCUT2D eigenvalue weighted by Crippen LogP contribution is -2.31. The van der Waals surface area contributed by atoms with Crippen LogP contribution in [0.25, 0.3) is 0 Å². The number of halogens is 3. The predicted octanol–water partition coefficient (Wildman–Crippen LogP) is 2.10. The van der Waals surface area contributed by atoms with Crippen molar-refractivity contribution in [1.29, 1.82) is 0 Å². The summed E-state index contributed by atoms with van der Waals surface area (Å²) in [5.74, 6) is 0. The van der Waals surface area contributed by atoms with Crippen LogP contribution in [0.3, 0.4) is 0 Å². The number of nitrogens with one attached hydrogen (secondary N) is 1. The zero-order valence-corrected chi connectivity index (χ0v) is 10.6. The van der Waals surface area contributed by atoms with Gasteiger partial charge in [-0.3, -0.25) is 0 Å². The van der Waals surface area contributed by atoms with Gasteiger partial charge in [0, 0.05) is 19.2 Å². The molecule has 0 aliphatic carbocycles. The molecule has 6 heteroatoms. The van der Waals surface area contributed by atoms with Gasteiger partial charge in [-0.15, -0.1) is 0 Å². The Bertz CT molecular complexity index is 396. The quantitative estimate of drug-likeness (QED) is 0.746. The average Bonchev–Trinajstić information content (AvgIpc) is 2.35. The Morgan fingerprint density at radius 1 is 1.32 bits per heavy atom. The third-order valence-corrected chi connectivity index (χ3v) is 2.82. The normalized spacial score (nSPS) is 15.3. The molecule has 19 heavy (non-hydrogen) atoms. The van der Waals surface area contributed by atoms with E-state index in [2.05, 4.69) is 5.32 Å². The maximum atomic E-state index is 12.5. The van der Waals surface area contributed by atoms with Crippen molar-refractivity contribution in [3.63, 3.8) is 0 Å². The molecular formula is C13H18F3NO2. The van der Waals surface area contributed by atoms with Crippen LogP contribution in [0, 0.1) is 0 Å². The van der Waals surface area contributed by atoms with E-state index in [1.54, 1.807) is 0 Å². The van der Waals surface area contributed by atoms with Crippen LogP contribution in [0.1, 0.15) is 30.6 Å². The van der Waals surface area contributed by atoms with Gasteiger partial charge in [0.2, 0.25) is 0 Å². The molecule has 0 aliphatic heterocycles. The average molecular weight is 277 g/mol. The molecule has 0 saturated carbocycles. The molecule has 1 rings (SSSR count). The lowest BCUT2D eigenvalue weighted by molar-refractivity contribution is -0.137. The third kappa shape index (κ3) is 5.18. The third-order valence-electron chi connectivity index (χ3n) is 2.82. The van der Waals surface area contributed by atoms with E-state index in [0.717, 1.165) is 12.1 Å². The first-order valence-corrected chi connectivity index (χ1v) is 6.04. The molecule has 3 N–H and O–H groups in total. The minimum absolute atomic E-state index is 0.00884. The summed E-state index contributed by atoms with van der Waals surface area (Å²) >= 11 is 0. The summed E-state index contributed by atoms with van der Waals surface area (Å²) < 4.78 is 37.6. The lowest BCUT2D eigenvalue weighted by atomic mass is 10.1. The number of aliphatic hydroxyl groups is 2. The highest BCUT2D eigenvalue weighted by Crippen LogP contribution is 2.30. The van der Waals surface area contributed by atoms with E-state index in [0.29, 0.717) is 6.42 Å². The highest BCUT2D eigenvalue weighted by molar-refractivity contribution is 5.27. The van der Waals surface area contributed by atoms with Crippen molar-refractivity contribution in [3.8, 4) is 0 Å². The molecular weight excluding hydrogens is 259 g/mol. The Morgan fingerprint density at radius 2 is 2.00 bits per heavy atom. The van der Waals surface area contributed by atoms with E-state index in [-0.39, 0.29) is 24.8 Å².